The van der Waals surface area contributed by atoms with Crippen LogP contribution in [0.2, 0.25) is 0 Å². The highest BCUT2D eigenvalue weighted by Crippen LogP contribution is 2.36. The van der Waals surface area contributed by atoms with Gasteiger partial charge in [0.2, 0.25) is 0 Å². The van der Waals surface area contributed by atoms with Crippen LogP contribution in [0.1, 0.15) is 54.0 Å². The molecule has 1 atom stereocenters. The molecule has 1 unspecified atom stereocenters. The van der Waals surface area contributed by atoms with E-state index in [2.05, 4.69) is 72.9 Å². The fraction of sp³-hybridized carbons (Fsp3) is 0.667. The zero-order valence-electron chi connectivity index (χ0n) is 15.7. The molecule has 128 valence electrons. The van der Waals surface area contributed by atoms with Crippen LogP contribution in [0.5, 0.6) is 0 Å². The molecular formula is C18H30BO3S+. The lowest BCUT2D eigenvalue weighted by Crippen LogP contribution is -2.41. The Bertz CT molecular complexity index is 535. The lowest BCUT2D eigenvalue weighted by Gasteiger charge is -2.32. The predicted molar refractivity (Wildman–Crippen MR) is 100.0 cm³/mol. The molecule has 0 aliphatic carbocycles. The molecule has 0 N–H and O–H groups in total. The first-order chi connectivity index (χ1) is 10.4. The minimum Gasteiger partial charge on any atom is -0.399 e. The van der Waals surface area contributed by atoms with E-state index >= 15 is 0 Å². The Morgan fingerprint density at radius 1 is 1.09 bits per heavy atom. The van der Waals surface area contributed by atoms with Gasteiger partial charge in [0.25, 0.3) is 0 Å². The Balaban J connectivity index is 2.07. The molecule has 5 heteroatoms. The molecule has 0 bridgehead atoms. The van der Waals surface area contributed by atoms with E-state index < -0.39 is 0 Å². The van der Waals surface area contributed by atoms with E-state index in [9.17, 15) is 0 Å². The third-order valence-corrected chi connectivity index (χ3v) is 6.94. The van der Waals surface area contributed by atoms with Gasteiger partial charge in [-0.1, -0.05) is 24.3 Å². The molecule has 1 fully saturated rings. The lowest BCUT2D eigenvalue weighted by molar-refractivity contribution is 0.00578. The summed E-state index contributed by atoms with van der Waals surface area (Å²) in [6, 6.07) is 8.32. The Hall–Kier alpha value is -0.485. The minimum atomic E-state index is -0.317. The summed E-state index contributed by atoms with van der Waals surface area (Å²) < 4.78 is 18.5. The van der Waals surface area contributed by atoms with E-state index in [0.717, 1.165) is 11.0 Å². The Kier molecular flexibility index (Phi) is 5.27. The van der Waals surface area contributed by atoms with Crippen molar-refractivity contribution in [2.24, 2.45) is 0 Å². The van der Waals surface area contributed by atoms with Crippen LogP contribution in [0.3, 0.4) is 0 Å². The molecular weight excluding hydrogens is 307 g/mol. The number of hydrogen-bond donors (Lipinski definition) is 0. The second-order valence-electron chi connectivity index (χ2n) is 8.16. The average Bonchev–Trinajstić information content (AvgIpc) is 2.64. The Labute approximate surface area is 144 Å². The van der Waals surface area contributed by atoms with Gasteiger partial charge in [0, 0.05) is 0 Å². The molecule has 1 heterocycles. The second kappa shape index (κ2) is 6.43. The lowest BCUT2D eigenvalue weighted by atomic mass is 9.78. The van der Waals surface area contributed by atoms with Crippen molar-refractivity contribution >= 4 is 23.8 Å². The van der Waals surface area contributed by atoms with Gasteiger partial charge in [-0.15, -0.1) is 0 Å². The molecule has 1 aromatic rings. The highest BCUT2D eigenvalue weighted by atomic mass is 32.2. The van der Waals surface area contributed by atoms with Crippen molar-refractivity contribution in [2.75, 3.05) is 6.26 Å². The van der Waals surface area contributed by atoms with Gasteiger partial charge >= 0.3 is 7.12 Å². The number of hydrogen-bond acceptors (Lipinski definition) is 3. The van der Waals surface area contributed by atoms with Crippen LogP contribution < -0.4 is 5.46 Å². The number of rotatable bonds is 4. The first kappa shape index (κ1) is 18.8. The zero-order valence-corrected chi connectivity index (χ0v) is 16.5. The largest absolute Gasteiger partial charge is 0.494 e. The molecule has 3 nitrogen and oxygen atoms in total. The van der Waals surface area contributed by atoms with Crippen molar-refractivity contribution in [3.05, 3.63) is 29.8 Å². The van der Waals surface area contributed by atoms with Crippen LogP contribution in [0.4, 0.5) is 0 Å². The summed E-state index contributed by atoms with van der Waals surface area (Å²) in [7, 11) is -0.317. The van der Waals surface area contributed by atoms with Gasteiger partial charge in [0.15, 0.2) is 4.75 Å². The zero-order chi connectivity index (χ0) is 17.5. The summed E-state index contributed by atoms with van der Waals surface area (Å²) >= 11 is -0.0838. The van der Waals surface area contributed by atoms with Crippen LogP contribution in [0, 0.1) is 0 Å². The van der Waals surface area contributed by atoms with Crippen molar-refractivity contribution < 1.29 is 13.5 Å². The fourth-order valence-corrected chi connectivity index (χ4v) is 2.81. The highest BCUT2D eigenvalue weighted by Gasteiger charge is 2.51. The normalized spacial score (nSPS) is 21.5. The number of benzene rings is 1. The predicted octanol–water partition coefficient (Wildman–Crippen LogP) is 3.46. The molecule has 1 aliphatic heterocycles. The molecule has 0 saturated carbocycles. The van der Waals surface area contributed by atoms with Gasteiger partial charge in [0.1, 0.15) is 24.0 Å². The SMILES string of the molecule is C[S+](OCc1cccc(B2OC(C)(C)C(C)(C)O2)c1)C(C)(C)C. The summed E-state index contributed by atoms with van der Waals surface area (Å²) in [4.78, 5) is 0. The first-order valence-electron chi connectivity index (χ1n) is 8.16. The third-order valence-electron chi connectivity index (χ3n) is 4.74. The smallest absolute Gasteiger partial charge is 0.399 e. The summed E-state index contributed by atoms with van der Waals surface area (Å²) in [5.74, 6) is 0. The van der Waals surface area contributed by atoms with Gasteiger partial charge in [-0.3, -0.25) is 0 Å². The maximum atomic E-state index is 6.12. The first-order valence-corrected chi connectivity index (χ1v) is 9.72. The minimum absolute atomic E-state index is 0.0838. The van der Waals surface area contributed by atoms with Crippen LogP contribution in [-0.2, 0) is 31.3 Å². The molecule has 0 radical (unpaired) electrons. The fourth-order valence-electron chi connectivity index (χ4n) is 2.14. The van der Waals surface area contributed by atoms with Crippen molar-refractivity contribution in [2.45, 2.75) is 71.0 Å². The standard InChI is InChI=1S/C18H30BO3S/c1-16(2,3)23(8)20-13-14-10-9-11-15(12-14)19-21-17(4,5)18(6,7)22-19/h9-12H,13H2,1-8H3/q+1. The topological polar surface area (TPSA) is 27.7 Å². The Morgan fingerprint density at radius 3 is 2.17 bits per heavy atom. The molecule has 2 rings (SSSR count). The van der Waals surface area contributed by atoms with Gasteiger partial charge in [-0.2, -0.15) is 4.18 Å². The monoisotopic (exact) mass is 337 g/mol. The molecule has 0 aromatic heterocycles. The van der Waals surface area contributed by atoms with Crippen molar-refractivity contribution in [1.82, 2.24) is 0 Å². The quantitative estimate of drug-likeness (QED) is 0.622. The van der Waals surface area contributed by atoms with E-state index in [-0.39, 0.29) is 34.2 Å². The molecule has 0 spiro atoms. The van der Waals surface area contributed by atoms with Gasteiger partial charge in [-0.05, 0) is 59.5 Å². The van der Waals surface area contributed by atoms with Crippen molar-refractivity contribution in [1.29, 1.82) is 0 Å². The molecule has 1 aromatic carbocycles. The molecule has 1 aliphatic rings. The molecule has 0 amide bonds. The van der Waals surface area contributed by atoms with E-state index in [1.165, 1.54) is 0 Å². The van der Waals surface area contributed by atoms with Crippen LogP contribution in [0.25, 0.3) is 0 Å². The summed E-state index contributed by atoms with van der Waals surface area (Å²) in [6.45, 7) is 15.5. The highest BCUT2D eigenvalue weighted by molar-refractivity contribution is 7.92. The third kappa shape index (κ3) is 4.33. The summed E-state index contributed by atoms with van der Waals surface area (Å²) in [6.07, 6.45) is 2.15. The molecule has 23 heavy (non-hydrogen) atoms. The van der Waals surface area contributed by atoms with E-state index in [4.69, 9.17) is 13.5 Å². The van der Waals surface area contributed by atoms with Crippen LogP contribution >= 0.6 is 0 Å². The van der Waals surface area contributed by atoms with Gasteiger partial charge < -0.3 is 9.31 Å². The van der Waals surface area contributed by atoms with Gasteiger partial charge in [-0.25, -0.2) is 0 Å². The van der Waals surface area contributed by atoms with Crippen LogP contribution in [-0.4, -0.2) is 29.3 Å². The van der Waals surface area contributed by atoms with E-state index in [0.29, 0.717) is 6.61 Å². The van der Waals surface area contributed by atoms with E-state index in [1.807, 2.05) is 6.07 Å². The second-order valence-corrected chi connectivity index (χ2v) is 10.5. The maximum absolute atomic E-state index is 6.12. The summed E-state index contributed by atoms with van der Waals surface area (Å²) in [5.41, 5.74) is 1.58. The Morgan fingerprint density at radius 2 is 1.65 bits per heavy atom. The average molecular weight is 337 g/mol. The maximum Gasteiger partial charge on any atom is 0.494 e. The summed E-state index contributed by atoms with van der Waals surface area (Å²) in [5, 5.41) is 0. The van der Waals surface area contributed by atoms with Gasteiger partial charge in [0.05, 0.1) is 11.2 Å². The van der Waals surface area contributed by atoms with E-state index in [1.54, 1.807) is 0 Å². The van der Waals surface area contributed by atoms with Crippen molar-refractivity contribution in [3.63, 3.8) is 0 Å². The van der Waals surface area contributed by atoms with Crippen LogP contribution in [0.15, 0.2) is 24.3 Å². The van der Waals surface area contributed by atoms with Crippen molar-refractivity contribution in [3.8, 4) is 0 Å². The molecule has 1 saturated heterocycles.